The number of rotatable bonds is 4. The fourth-order valence-corrected chi connectivity index (χ4v) is 5.75. The largest absolute Gasteiger partial charge is 0.353 e. The second-order valence-electron chi connectivity index (χ2n) is 7.90. The highest BCUT2D eigenvalue weighted by atomic mass is 35.5. The molecule has 10 heteroatoms. The molecule has 4 rings (SSSR count). The zero-order valence-corrected chi connectivity index (χ0v) is 19.1. The van der Waals surface area contributed by atoms with E-state index in [1.54, 1.807) is 4.90 Å². The summed E-state index contributed by atoms with van der Waals surface area (Å²) in [5.41, 5.74) is 1.12. The summed E-state index contributed by atoms with van der Waals surface area (Å²) in [6.45, 7) is 5.20. The van der Waals surface area contributed by atoms with Crippen molar-refractivity contribution >= 4 is 33.3 Å². The lowest BCUT2D eigenvalue weighted by Gasteiger charge is -2.35. The first kappa shape index (κ1) is 22.0. The summed E-state index contributed by atoms with van der Waals surface area (Å²) in [7, 11) is -3.63. The van der Waals surface area contributed by atoms with Crippen molar-refractivity contribution in [3.8, 4) is 0 Å². The molecule has 1 aromatic heterocycles. The Labute approximate surface area is 187 Å². The molecule has 0 unspecified atom stereocenters. The fourth-order valence-electron chi connectivity index (χ4n) is 4.01. The Morgan fingerprint density at radius 2 is 1.68 bits per heavy atom. The number of benzene rings is 1. The quantitative estimate of drug-likeness (QED) is 0.692. The van der Waals surface area contributed by atoms with E-state index in [9.17, 15) is 13.2 Å². The normalized spacial score (nSPS) is 18.3. The minimum absolute atomic E-state index is 0.122. The van der Waals surface area contributed by atoms with Crippen molar-refractivity contribution in [1.82, 2.24) is 19.2 Å². The molecule has 0 aliphatic carbocycles. The monoisotopic (exact) mass is 463 g/mol. The number of carbonyl (C=O) groups is 1. The number of hydrogen-bond acceptors (Lipinski definition) is 6. The third-order valence-corrected chi connectivity index (χ3v) is 8.03. The van der Waals surface area contributed by atoms with Gasteiger partial charge in [-0.05, 0) is 38.0 Å². The van der Waals surface area contributed by atoms with Crippen molar-refractivity contribution in [3.05, 3.63) is 46.9 Å². The highest BCUT2D eigenvalue weighted by molar-refractivity contribution is 7.89. The van der Waals surface area contributed by atoms with E-state index in [4.69, 9.17) is 11.6 Å². The molecule has 31 heavy (non-hydrogen) atoms. The second-order valence-corrected chi connectivity index (χ2v) is 10.2. The van der Waals surface area contributed by atoms with Crippen LogP contribution in [0.15, 0.2) is 35.5 Å². The second kappa shape index (κ2) is 9.10. The minimum Gasteiger partial charge on any atom is -0.353 e. The van der Waals surface area contributed by atoms with Crippen molar-refractivity contribution in [2.75, 3.05) is 44.2 Å². The van der Waals surface area contributed by atoms with Crippen molar-refractivity contribution in [3.63, 3.8) is 0 Å². The van der Waals surface area contributed by atoms with Crippen molar-refractivity contribution in [2.24, 2.45) is 0 Å². The van der Waals surface area contributed by atoms with Gasteiger partial charge in [-0.15, -0.1) is 0 Å². The van der Waals surface area contributed by atoms with E-state index in [2.05, 4.69) is 14.9 Å². The molecule has 166 valence electrons. The number of nitrogens with zero attached hydrogens (tertiary/aromatic N) is 5. The zero-order chi connectivity index (χ0) is 22.0. The highest BCUT2D eigenvalue weighted by Crippen LogP contribution is 2.26. The number of anilines is 1. The van der Waals surface area contributed by atoms with Crippen molar-refractivity contribution < 1.29 is 13.2 Å². The van der Waals surface area contributed by atoms with Gasteiger partial charge in [0.05, 0.1) is 15.5 Å². The smallest absolute Gasteiger partial charge is 0.255 e. The molecule has 3 heterocycles. The van der Waals surface area contributed by atoms with Crippen LogP contribution in [0.1, 0.15) is 35.3 Å². The molecule has 8 nitrogen and oxygen atoms in total. The van der Waals surface area contributed by atoms with Gasteiger partial charge < -0.3 is 9.80 Å². The predicted octanol–water partition coefficient (Wildman–Crippen LogP) is 2.58. The lowest BCUT2D eigenvalue weighted by molar-refractivity contribution is 0.0746. The van der Waals surface area contributed by atoms with E-state index in [0.29, 0.717) is 39.3 Å². The molecular weight excluding hydrogens is 438 g/mol. The fraction of sp³-hybridized carbons (Fsp3) is 0.476. The summed E-state index contributed by atoms with van der Waals surface area (Å²) in [6.07, 6.45) is 4.29. The van der Waals surface area contributed by atoms with Crippen LogP contribution in [0, 0.1) is 6.92 Å². The lowest BCUT2D eigenvalue weighted by Crippen LogP contribution is -2.49. The average Bonchev–Trinajstić information content (AvgIpc) is 2.79. The van der Waals surface area contributed by atoms with Crippen LogP contribution in [-0.4, -0.2) is 72.8 Å². The van der Waals surface area contributed by atoms with Crippen molar-refractivity contribution in [1.29, 1.82) is 0 Å². The van der Waals surface area contributed by atoms with Gasteiger partial charge in [-0.1, -0.05) is 18.0 Å². The van der Waals surface area contributed by atoms with Crippen LogP contribution in [0.3, 0.4) is 0 Å². The standard InChI is InChI=1S/C21H26ClN5O3S/c1-16-13-20(24-15-23-16)25-9-11-26(12-10-25)21(28)18-14-17(5-6-19(18)22)31(29,30)27-7-3-2-4-8-27/h5-6,13-15H,2-4,7-12H2,1H3. The highest BCUT2D eigenvalue weighted by Gasteiger charge is 2.29. The minimum atomic E-state index is -3.63. The number of hydrogen-bond donors (Lipinski definition) is 0. The number of carbonyl (C=O) groups excluding carboxylic acids is 1. The van der Waals surface area contributed by atoms with E-state index in [1.807, 2.05) is 13.0 Å². The van der Waals surface area contributed by atoms with Crippen LogP contribution in [0.25, 0.3) is 0 Å². The third kappa shape index (κ3) is 4.68. The number of aromatic nitrogens is 2. The van der Waals surface area contributed by atoms with Gasteiger partial charge in [-0.25, -0.2) is 18.4 Å². The molecule has 2 fully saturated rings. The molecule has 1 amide bonds. The third-order valence-electron chi connectivity index (χ3n) is 5.80. The maximum atomic E-state index is 13.2. The van der Waals surface area contributed by atoms with Crippen LogP contribution < -0.4 is 4.90 Å². The number of sulfonamides is 1. The SMILES string of the molecule is Cc1cc(N2CCN(C(=O)c3cc(S(=O)(=O)N4CCCCC4)ccc3Cl)CC2)ncn1. The first-order chi connectivity index (χ1) is 14.9. The molecule has 0 atom stereocenters. The summed E-state index contributed by atoms with van der Waals surface area (Å²) in [6, 6.07) is 6.34. The molecule has 0 radical (unpaired) electrons. The summed E-state index contributed by atoms with van der Waals surface area (Å²) < 4.78 is 27.5. The Morgan fingerprint density at radius 1 is 0.968 bits per heavy atom. The Kier molecular flexibility index (Phi) is 6.45. The van der Waals surface area contributed by atoms with Crippen LogP contribution in [0.5, 0.6) is 0 Å². The van der Waals surface area contributed by atoms with Gasteiger partial charge in [0.25, 0.3) is 5.91 Å². The van der Waals surface area contributed by atoms with E-state index in [1.165, 1.54) is 28.8 Å². The predicted molar refractivity (Wildman–Crippen MR) is 119 cm³/mol. The topological polar surface area (TPSA) is 86.7 Å². The first-order valence-corrected chi connectivity index (χ1v) is 12.3. The summed E-state index contributed by atoms with van der Waals surface area (Å²) in [4.78, 5) is 25.5. The van der Waals surface area contributed by atoms with E-state index < -0.39 is 10.0 Å². The Balaban J connectivity index is 1.49. The van der Waals surface area contributed by atoms with Gasteiger partial charge >= 0.3 is 0 Å². The summed E-state index contributed by atoms with van der Waals surface area (Å²) in [5.74, 6) is 0.589. The van der Waals surface area contributed by atoms with Gasteiger partial charge in [0, 0.05) is 51.0 Å². The number of piperidine rings is 1. The Morgan fingerprint density at radius 3 is 2.35 bits per heavy atom. The lowest BCUT2D eigenvalue weighted by atomic mass is 10.1. The van der Waals surface area contributed by atoms with E-state index >= 15 is 0 Å². The number of amides is 1. The molecule has 2 aliphatic rings. The summed E-state index contributed by atoms with van der Waals surface area (Å²) in [5, 5.41) is 0.261. The molecule has 0 spiro atoms. The number of aryl methyl sites for hydroxylation is 1. The van der Waals surface area contributed by atoms with E-state index in [-0.39, 0.29) is 21.4 Å². The first-order valence-electron chi connectivity index (χ1n) is 10.5. The Hall–Kier alpha value is -2.23. The molecular formula is C21H26ClN5O3S. The van der Waals surface area contributed by atoms with Crippen LogP contribution >= 0.6 is 11.6 Å². The molecule has 2 aromatic rings. The maximum Gasteiger partial charge on any atom is 0.255 e. The molecule has 0 N–H and O–H groups in total. The molecule has 2 aliphatic heterocycles. The summed E-state index contributed by atoms with van der Waals surface area (Å²) >= 11 is 6.30. The van der Waals surface area contributed by atoms with E-state index in [0.717, 1.165) is 30.8 Å². The van der Waals surface area contributed by atoms with Gasteiger partial charge in [-0.2, -0.15) is 4.31 Å². The van der Waals surface area contributed by atoms with Crippen LogP contribution in [0.4, 0.5) is 5.82 Å². The average molecular weight is 464 g/mol. The van der Waals surface area contributed by atoms with Crippen LogP contribution in [-0.2, 0) is 10.0 Å². The van der Waals surface area contributed by atoms with Gasteiger partial charge in [0.15, 0.2) is 0 Å². The van der Waals surface area contributed by atoms with Crippen LogP contribution in [0.2, 0.25) is 5.02 Å². The zero-order valence-electron chi connectivity index (χ0n) is 17.5. The molecule has 0 saturated carbocycles. The Bertz CT molecular complexity index is 1060. The molecule has 2 saturated heterocycles. The van der Waals surface area contributed by atoms with Gasteiger partial charge in [0.2, 0.25) is 10.0 Å². The van der Waals surface area contributed by atoms with Gasteiger partial charge in [-0.3, -0.25) is 4.79 Å². The number of halogens is 1. The van der Waals surface area contributed by atoms with Crippen molar-refractivity contribution in [2.45, 2.75) is 31.1 Å². The van der Waals surface area contributed by atoms with Gasteiger partial charge in [0.1, 0.15) is 12.1 Å². The number of piperazine rings is 1. The molecule has 0 bridgehead atoms. The maximum absolute atomic E-state index is 13.2. The molecule has 1 aromatic carbocycles.